The van der Waals surface area contributed by atoms with Gasteiger partial charge in [0.1, 0.15) is 0 Å². The molecule has 0 aliphatic heterocycles. The first-order chi connectivity index (χ1) is 10.9. The van der Waals surface area contributed by atoms with Gasteiger partial charge in [-0.25, -0.2) is 17.7 Å². The van der Waals surface area contributed by atoms with Gasteiger partial charge in [-0.1, -0.05) is 24.2 Å². The van der Waals surface area contributed by atoms with Crippen molar-refractivity contribution in [3.05, 3.63) is 18.2 Å². The van der Waals surface area contributed by atoms with Gasteiger partial charge in [0, 0.05) is 20.0 Å². The molecule has 0 spiro atoms. The molecule has 124 valence electrons. The molecule has 2 aromatic rings. The molecule has 1 aromatic heterocycles. The van der Waals surface area contributed by atoms with Gasteiger partial charge in [-0.3, -0.25) is 4.79 Å². The van der Waals surface area contributed by atoms with Crippen molar-refractivity contribution in [3.8, 4) is 0 Å². The maximum atomic E-state index is 12.2. The van der Waals surface area contributed by atoms with Gasteiger partial charge >= 0.3 is 0 Å². The molecule has 1 fully saturated rings. The van der Waals surface area contributed by atoms with Crippen molar-refractivity contribution in [1.29, 1.82) is 0 Å². The minimum Gasteiger partial charge on any atom is -0.302 e. The second-order valence-electron chi connectivity index (χ2n) is 5.91. The van der Waals surface area contributed by atoms with Gasteiger partial charge < -0.3 is 5.32 Å². The smallest absolute Gasteiger partial charge is 0.242 e. The monoisotopic (exact) mass is 353 g/mol. The predicted octanol–water partition coefficient (Wildman–Crippen LogP) is 2.68. The van der Waals surface area contributed by atoms with Crippen molar-refractivity contribution in [1.82, 2.24) is 9.29 Å². The molecule has 0 saturated heterocycles. The molecule has 1 amide bonds. The van der Waals surface area contributed by atoms with Crippen LogP contribution in [-0.4, -0.2) is 37.7 Å². The van der Waals surface area contributed by atoms with E-state index in [1.54, 1.807) is 18.2 Å². The average Bonchev–Trinajstić information content (AvgIpc) is 3.15. The quantitative estimate of drug-likeness (QED) is 0.916. The van der Waals surface area contributed by atoms with Gasteiger partial charge in [0.05, 0.1) is 15.1 Å². The molecule has 3 rings (SSSR count). The van der Waals surface area contributed by atoms with Crippen LogP contribution in [0.1, 0.15) is 25.7 Å². The summed E-state index contributed by atoms with van der Waals surface area (Å²) in [5, 5.41) is 3.39. The lowest BCUT2D eigenvalue weighted by Crippen LogP contribution is -2.22. The molecule has 0 bridgehead atoms. The summed E-state index contributed by atoms with van der Waals surface area (Å²) in [6.45, 7) is 0. The second kappa shape index (κ2) is 6.18. The molecule has 1 N–H and O–H groups in total. The highest BCUT2D eigenvalue weighted by molar-refractivity contribution is 7.89. The summed E-state index contributed by atoms with van der Waals surface area (Å²) in [6.07, 6.45) is 4.07. The highest BCUT2D eigenvalue weighted by Crippen LogP contribution is 2.31. The average molecular weight is 353 g/mol. The summed E-state index contributed by atoms with van der Waals surface area (Å²) in [6, 6.07) is 4.82. The fourth-order valence-corrected chi connectivity index (χ4v) is 4.64. The number of thiazole rings is 1. The van der Waals surface area contributed by atoms with E-state index in [0.29, 0.717) is 10.6 Å². The zero-order valence-electron chi connectivity index (χ0n) is 13.1. The molecule has 0 radical (unpaired) electrons. The number of nitrogens with one attached hydrogen (secondary N) is 1. The minimum atomic E-state index is -3.47. The van der Waals surface area contributed by atoms with Crippen LogP contribution < -0.4 is 5.32 Å². The van der Waals surface area contributed by atoms with E-state index < -0.39 is 10.0 Å². The van der Waals surface area contributed by atoms with Gasteiger partial charge in [-0.05, 0) is 31.0 Å². The van der Waals surface area contributed by atoms with Gasteiger partial charge in [0.2, 0.25) is 15.9 Å². The molecule has 1 aromatic carbocycles. The molecule has 1 saturated carbocycles. The Bertz CT molecular complexity index is 837. The number of sulfonamides is 1. The van der Waals surface area contributed by atoms with Crippen molar-refractivity contribution in [2.45, 2.75) is 30.6 Å². The normalized spacial score (nSPS) is 16.3. The summed E-state index contributed by atoms with van der Waals surface area (Å²) in [5.41, 5.74) is 0.689. The second-order valence-corrected chi connectivity index (χ2v) is 9.09. The maximum absolute atomic E-state index is 12.2. The van der Waals surface area contributed by atoms with E-state index in [-0.39, 0.29) is 16.7 Å². The number of aromatic nitrogens is 1. The van der Waals surface area contributed by atoms with E-state index in [4.69, 9.17) is 0 Å². The molecule has 1 aliphatic rings. The van der Waals surface area contributed by atoms with Crippen molar-refractivity contribution in [2.24, 2.45) is 5.92 Å². The number of fused-ring (bicyclic) bond motifs is 1. The first-order valence-corrected chi connectivity index (χ1v) is 9.77. The van der Waals surface area contributed by atoms with Crippen LogP contribution in [0, 0.1) is 5.92 Å². The van der Waals surface area contributed by atoms with Crippen LogP contribution >= 0.6 is 11.3 Å². The number of carbonyl (C=O) groups excluding carboxylic acids is 1. The molecule has 0 unspecified atom stereocenters. The SMILES string of the molecule is CN(C)S(=O)(=O)c1ccc2nc(NC(=O)C3CCCC3)sc2c1. The summed E-state index contributed by atoms with van der Waals surface area (Å²) < 4.78 is 26.3. The first-order valence-electron chi connectivity index (χ1n) is 7.52. The molecule has 23 heavy (non-hydrogen) atoms. The number of hydrogen-bond donors (Lipinski definition) is 1. The van der Waals surface area contributed by atoms with Crippen molar-refractivity contribution in [2.75, 3.05) is 19.4 Å². The summed E-state index contributed by atoms with van der Waals surface area (Å²) in [4.78, 5) is 16.8. The van der Waals surface area contributed by atoms with Crippen LogP contribution in [0.4, 0.5) is 5.13 Å². The topological polar surface area (TPSA) is 79.4 Å². The summed E-state index contributed by atoms with van der Waals surface area (Å²) in [5.74, 6) is 0.0920. The Morgan fingerprint density at radius 3 is 2.65 bits per heavy atom. The third-order valence-corrected chi connectivity index (χ3v) is 6.84. The molecule has 1 heterocycles. The standard InChI is InChI=1S/C15H19N3O3S2/c1-18(2)23(20,21)11-7-8-12-13(9-11)22-15(16-12)17-14(19)10-5-3-4-6-10/h7-10H,3-6H2,1-2H3,(H,16,17,19). The van der Waals surface area contributed by atoms with Crippen LogP contribution in [-0.2, 0) is 14.8 Å². The van der Waals surface area contributed by atoms with E-state index in [1.165, 1.54) is 29.7 Å². The van der Waals surface area contributed by atoms with E-state index in [1.807, 2.05) is 0 Å². The Morgan fingerprint density at radius 1 is 1.30 bits per heavy atom. The molecule has 8 heteroatoms. The Morgan fingerprint density at radius 2 is 2.00 bits per heavy atom. The van der Waals surface area contributed by atoms with E-state index in [0.717, 1.165) is 30.4 Å². The maximum Gasteiger partial charge on any atom is 0.242 e. The first kappa shape index (κ1) is 16.4. The Balaban J connectivity index is 1.86. The van der Waals surface area contributed by atoms with Crippen molar-refractivity contribution in [3.63, 3.8) is 0 Å². The van der Waals surface area contributed by atoms with Crippen molar-refractivity contribution >= 4 is 42.6 Å². The summed E-state index contributed by atoms with van der Waals surface area (Å²) >= 11 is 1.30. The zero-order chi connectivity index (χ0) is 16.6. The number of nitrogens with zero attached hydrogens (tertiary/aromatic N) is 2. The van der Waals surface area contributed by atoms with Crippen LogP contribution in [0.3, 0.4) is 0 Å². The predicted molar refractivity (Wildman–Crippen MR) is 91.1 cm³/mol. The molecule has 0 atom stereocenters. The van der Waals surface area contributed by atoms with Gasteiger partial charge in [-0.2, -0.15) is 0 Å². The third kappa shape index (κ3) is 3.24. The van der Waals surface area contributed by atoms with Crippen LogP contribution in [0.2, 0.25) is 0 Å². The largest absolute Gasteiger partial charge is 0.302 e. The van der Waals surface area contributed by atoms with Crippen LogP contribution in [0.15, 0.2) is 23.1 Å². The number of rotatable bonds is 4. The fourth-order valence-electron chi connectivity index (χ4n) is 2.73. The molecular weight excluding hydrogens is 334 g/mol. The van der Waals surface area contributed by atoms with Crippen LogP contribution in [0.25, 0.3) is 10.2 Å². The minimum absolute atomic E-state index is 0.0164. The lowest BCUT2D eigenvalue weighted by atomic mass is 10.1. The number of anilines is 1. The van der Waals surface area contributed by atoms with Gasteiger partial charge in [-0.15, -0.1) is 0 Å². The lowest BCUT2D eigenvalue weighted by Gasteiger charge is -2.10. The van der Waals surface area contributed by atoms with Crippen LogP contribution in [0.5, 0.6) is 0 Å². The van der Waals surface area contributed by atoms with Crippen molar-refractivity contribution < 1.29 is 13.2 Å². The number of amides is 1. The van der Waals surface area contributed by atoms with E-state index in [2.05, 4.69) is 10.3 Å². The number of carbonyl (C=O) groups is 1. The molecular formula is C15H19N3O3S2. The van der Waals surface area contributed by atoms with Gasteiger partial charge in [0.15, 0.2) is 5.13 Å². The third-order valence-electron chi connectivity index (χ3n) is 4.09. The Hall–Kier alpha value is -1.51. The Kier molecular flexibility index (Phi) is 4.39. The molecule has 1 aliphatic carbocycles. The zero-order valence-corrected chi connectivity index (χ0v) is 14.7. The highest BCUT2D eigenvalue weighted by Gasteiger charge is 2.24. The Labute approximate surface area is 139 Å². The lowest BCUT2D eigenvalue weighted by molar-refractivity contribution is -0.119. The fraction of sp³-hybridized carbons (Fsp3) is 0.467. The molecule has 6 nitrogen and oxygen atoms in total. The van der Waals surface area contributed by atoms with E-state index >= 15 is 0 Å². The number of hydrogen-bond acceptors (Lipinski definition) is 5. The number of benzene rings is 1. The summed E-state index contributed by atoms with van der Waals surface area (Å²) in [7, 11) is -0.471. The highest BCUT2D eigenvalue weighted by atomic mass is 32.2. The van der Waals surface area contributed by atoms with E-state index in [9.17, 15) is 13.2 Å². The van der Waals surface area contributed by atoms with Gasteiger partial charge in [0.25, 0.3) is 0 Å².